The minimum atomic E-state index is -0.00606. The molecule has 0 unspecified atom stereocenters. The summed E-state index contributed by atoms with van der Waals surface area (Å²) in [5, 5.41) is 0.334. The molecular weight excluding hydrogens is 234 g/mol. The number of halogens is 1. The third kappa shape index (κ3) is 4.70. The molecule has 0 bridgehead atoms. The van der Waals surface area contributed by atoms with Crippen molar-refractivity contribution in [2.24, 2.45) is 11.5 Å². The van der Waals surface area contributed by atoms with Gasteiger partial charge in [0, 0.05) is 5.41 Å². The minimum absolute atomic E-state index is 0. The highest BCUT2D eigenvalue weighted by Gasteiger charge is 2.20. The van der Waals surface area contributed by atoms with Gasteiger partial charge < -0.3 is 4.42 Å². The zero-order valence-electron chi connectivity index (χ0n) is 9.11. The maximum Gasteiger partial charge on any atom is 0.315 e. The Balaban J connectivity index is 0.00000196. The smallest absolute Gasteiger partial charge is 0.315 e. The maximum absolute atomic E-state index is 5.54. The van der Waals surface area contributed by atoms with Crippen molar-refractivity contribution in [3.63, 3.8) is 0 Å². The fourth-order valence-corrected chi connectivity index (χ4v) is 1.29. The summed E-state index contributed by atoms with van der Waals surface area (Å²) in [6.45, 7) is 6.23. The van der Waals surface area contributed by atoms with Gasteiger partial charge in [-0.15, -0.1) is 12.4 Å². The first-order chi connectivity index (χ1) is 6.39. The van der Waals surface area contributed by atoms with Crippen molar-refractivity contribution in [2.75, 3.05) is 0 Å². The maximum atomic E-state index is 5.54. The third-order valence-corrected chi connectivity index (χ3v) is 2.38. The summed E-state index contributed by atoms with van der Waals surface area (Å²) in [4.78, 5) is 4.14. The molecule has 0 amide bonds. The highest BCUT2D eigenvalue weighted by Crippen LogP contribution is 2.22. The van der Waals surface area contributed by atoms with Gasteiger partial charge in [0.15, 0.2) is 0 Å². The molecule has 0 radical (unpaired) electrons. The molecule has 0 aliphatic heterocycles. The first kappa shape index (κ1) is 14.5. The fourth-order valence-electron chi connectivity index (χ4n) is 0.869. The lowest BCUT2D eigenvalue weighted by atomic mass is 9.94. The Morgan fingerprint density at radius 3 is 2.47 bits per heavy atom. The molecule has 0 aliphatic rings. The lowest BCUT2D eigenvalue weighted by molar-refractivity contribution is 0.391. The Morgan fingerprint density at radius 2 is 2.07 bits per heavy atom. The van der Waals surface area contributed by atoms with Gasteiger partial charge in [-0.1, -0.05) is 20.8 Å². The highest BCUT2D eigenvalue weighted by atomic mass is 35.5. The second-order valence-corrected chi connectivity index (χ2v) is 5.11. The van der Waals surface area contributed by atoms with Crippen LogP contribution in [0.1, 0.15) is 32.4 Å². The Kier molecular flexibility index (Phi) is 5.37. The SMILES string of the molecule is CC(C)(C)c1cnc(C[S+]=C(N)N)o1.Cl. The van der Waals surface area contributed by atoms with E-state index in [9.17, 15) is 0 Å². The summed E-state index contributed by atoms with van der Waals surface area (Å²) in [5.74, 6) is 2.12. The number of oxazole rings is 1. The van der Waals surface area contributed by atoms with Gasteiger partial charge in [-0.2, -0.15) is 0 Å². The van der Waals surface area contributed by atoms with E-state index in [0.29, 0.717) is 16.8 Å². The quantitative estimate of drug-likeness (QED) is 0.606. The zero-order valence-corrected chi connectivity index (χ0v) is 10.7. The van der Waals surface area contributed by atoms with Crippen molar-refractivity contribution in [1.82, 2.24) is 4.98 Å². The average Bonchev–Trinajstić information content (AvgIpc) is 2.47. The van der Waals surface area contributed by atoms with Crippen LogP contribution in [0.25, 0.3) is 0 Å². The standard InChI is InChI=1S/C9H16N3OS.ClH/c1-9(2,3)6-4-12-7(13-6)5-14-8(10)11;/h4H,5,10-11H2,1-3H3;1H/q+1;. The van der Waals surface area contributed by atoms with E-state index >= 15 is 0 Å². The molecule has 1 aromatic heterocycles. The molecule has 1 rings (SSSR count). The van der Waals surface area contributed by atoms with Gasteiger partial charge in [-0.3, -0.25) is 0 Å². The molecule has 4 N–H and O–H groups in total. The topological polar surface area (TPSA) is 78.1 Å². The molecule has 86 valence electrons. The van der Waals surface area contributed by atoms with Crippen molar-refractivity contribution in [2.45, 2.75) is 31.9 Å². The van der Waals surface area contributed by atoms with Crippen LogP contribution in [0.15, 0.2) is 10.6 Å². The van der Waals surface area contributed by atoms with Gasteiger partial charge in [0.1, 0.15) is 5.76 Å². The van der Waals surface area contributed by atoms with Gasteiger partial charge in [0.05, 0.1) is 6.20 Å². The van der Waals surface area contributed by atoms with Crippen LogP contribution in [0.5, 0.6) is 0 Å². The van der Waals surface area contributed by atoms with Crippen LogP contribution in [0.3, 0.4) is 0 Å². The normalized spacial score (nSPS) is 10.7. The molecule has 1 heterocycles. The number of nitrogens with two attached hydrogens (primary N) is 2. The van der Waals surface area contributed by atoms with E-state index in [1.807, 2.05) is 0 Å². The third-order valence-electron chi connectivity index (χ3n) is 1.66. The van der Waals surface area contributed by atoms with E-state index in [1.165, 1.54) is 11.4 Å². The van der Waals surface area contributed by atoms with Gasteiger partial charge in [-0.05, 0) is 0 Å². The van der Waals surface area contributed by atoms with Gasteiger partial charge in [0.25, 0.3) is 11.6 Å². The monoisotopic (exact) mass is 250 g/mol. The second kappa shape index (κ2) is 5.55. The predicted molar refractivity (Wildman–Crippen MR) is 66.9 cm³/mol. The van der Waals surface area contributed by atoms with Crippen molar-refractivity contribution < 1.29 is 4.42 Å². The van der Waals surface area contributed by atoms with Crippen LogP contribution >= 0.6 is 12.4 Å². The number of aromatic nitrogens is 1. The number of hydrogen-bond acceptors (Lipinski definition) is 2. The largest absolute Gasteiger partial charge is 0.440 e. The Labute approximate surface area is 99.8 Å². The lowest BCUT2D eigenvalue weighted by Gasteiger charge is -2.12. The molecule has 6 heteroatoms. The van der Waals surface area contributed by atoms with Crippen molar-refractivity contribution in [3.8, 4) is 0 Å². The average molecular weight is 251 g/mol. The van der Waals surface area contributed by atoms with Crippen molar-refractivity contribution >= 4 is 28.9 Å². The summed E-state index contributed by atoms with van der Waals surface area (Å²) in [7, 11) is 0. The van der Waals surface area contributed by atoms with Crippen LogP contribution in [-0.4, -0.2) is 10.1 Å². The van der Waals surface area contributed by atoms with Crippen LogP contribution in [0.4, 0.5) is 0 Å². The summed E-state index contributed by atoms with van der Waals surface area (Å²) in [6.07, 6.45) is 1.75. The summed E-state index contributed by atoms with van der Waals surface area (Å²) >= 11 is 1.32. The fraction of sp³-hybridized carbons (Fsp3) is 0.556. The Bertz CT molecular complexity index is 339. The molecule has 15 heavy (non-hydrogen) atoms. The highest BCUT2D eigenvalue weighted by molar-refractivity contribution is 7.77. The molecule has 0 saturated heterocycles. The molecule has 0 fully saturated rings. The van der Waals surface area contributed by atoms with Crippen LogP contribution in [0, 0.1) is 0 Å². The van der Waals surface area contributed by atoms with Gasteiger partial charge in [-0.25, -0.2) is 16.5 Å². The summed E-state index contributed by atoms with van der Waals surface area (Å²) in [5.41, 5.74) is 10.6. The molecular formula is C9H17ClN3OS+. The van der Waals surface area contributed by atoms with Gasteiger partial charge >= 0.3 is 5.11 Å². The van der Waals surface area contributed by atoms with Crippen LogP contribution in [-0.2, 0) is 22.5 Å². The molecule has 0 aliphatic carbocycles. The zero-order chi connectivity index (χ0) is 10.8. The van der Waals surface area contributed by atoms with E-state index in [1.54, 1.807) is 6.20 Å². The van der Waals surface area contributed by atoms with Crippen LogP contribution < -0.4 is 11.5 Å². The lowest BCUT2D eigenvalue weighted by Crippen LogP contribution is -2.23. The minimum Gasteiger partial charge on any atom is -0.440 e. The van der Waals surface area contributed by atoms with Crippen LogP contribution in [0.2, 0.25) is 0 Å². The van der Waals surface area contributed by atoms with E-state index in [4.69, 9.17) is 15.9 Å². The first-order valence-corrected chi connectivity index (χ1v) is 5.34. The first-order valence-electron chi connectivity index (χ1n) is 4.35. The van der Waals surface area contributed by atoms with Gasteiger partial charge in [0.2, 0.25) is 11.4 Å². The molecule has 0 saturated carbocycles. The predicted octanol–water partition coefficient (Wildman–Crippen LogP) is 0.981. The molecule has 0 atom stereocenters. The number of rotatable bonds is 2. The Morgan fingerprint density at radius 1 is 1.47 bits per heavy atom. The van der Waals surface area contributed by atoms with Crippen molar-refractivity contribution in [3.05, 3.63) is 17.8 Å². The summed E-state index contributed by atoms with van der Waals surface area (Å²) in [6, 6.07) is 0. The van der Waals surface area contributed by atoms with E-state index < -0.39 is 0 Å². The Hall–Kier alpha value is -0.490. The molecule has 1 aromatic rings. The number of nitrogens with zero attached hydrogens (tertiary/aromatic N) is 1. The second-order valence-electron chi connectivity index (χ2n) is 4.06. The van der Waals surface area contributed by atoms with E-state index in [0.717, 1.165) is 5.76 Å². The molecule has 0 aromatic carbocycles. The molecule has 0 spiro atoms. The van der Waals surface area contributed by atoms with E-state index in [-0.39, 0.29) is 17.8 Å². The molecule has 4 nitrogen and oxygen atoms in total. The van der Waals surface area contributed by atoms with E-state index in [2.05, 4.69) is 25.8 Å². The van der Waals surface area contributed by atoms with Crippen molar-refractivity contribution in [1.29, 1.82) is 0 Å². The number of hydrogen-bond donors (Lipinski definition) is 2. The summed E-state index contributed by atoms with van der Waals surface area (Å²) < 4.78 is 5.54.